The molecular weight excluding hydrogens is 1390 g/mol. The lowest BCUT2D eigenvalue weighted by molar-refractivity contribution is -0.525. The Hall–Kier alpha value is -0.810. The van der Waals surface area contributed by atoms with E-state index in [1.54, 1.807) is 0 Å². The lowest BCUT2D eigenvalue weighted by Gasteiger charge is -2.53. The molecule has 0 aromatic carbocycles. The van der Waals surface area contributed by atoms with Gasteiger partial charge in [0.05, 0.1) is 0 Å². The molecule has 0 amide bonds. The highest BCUT2D eigenvalue weighted by molar-refractivity contribution is 7.68. The molecule has 0 radical (unpaired) electrons. The number of halogens is 8. The van der Waals surface area contributed by atoms with Crippen LogP contribution in [0.15, 0.2) is 19.5 Å². The molecule has 0 aromatic heterocycles. The van der Waals surface area contributed by atoms with Gasteiger partial charge in [-0.25, -0.2) is 46.7 Å². The van der Waals surface area contributed by atoms with Gasteiger partial charge in [-0.2, -0.15) is 14.6 Å². The summed E-state index contributed by atoms with van der Waals surface area (Å²) in [6.45, 7) is 35.6. The number of piperidine rings is 12. The molecule has 12 saturated heterocycles. The molecule has 592 valence electrons. The minimum Gasteiger partial charge on any atom is -0.418 e. The molecule has 0 spiro atoms. The third kappa shape index (κ3) is 24.6. The Labute approximate surface area is 614 Å². The summed E-state index contributed by atoms with van der Waals surface area (Å²) in [6.07, 6.45) is 53.0. The van der Waals surface area contributed by atoms with Crippen LogP contribution in [0.1, 0.15) is 271 Å². The number of guanidine groups is 2. The molecule has 0 aromatic rings. The van der Waals surface area contributed by atoms with Gasteiger partial charge in [0.2, 0.25) is 5.96 Å². The summed E-state index contributed by atoms with van der Waals surface area (Å²) in [5.41, 5.74) is 0. The van der Waals surface area contributed by atoms with E-state index in [1.807, 2.05) is 0 Å². The summed E-state index contributed by atoms with van der Waals surface area (Å²) >= 11 is 0. The number of rotatable bonds is 19. The van der Waals surface area contributed by atoms with Crippen LogP contribution >= 0.6 is 30.4 Å². The SMILES string of the molecule is CCCCN=C(N=P(N1CCCCC1)(N1CCCCC1)N1CCCCC1)NP(N1CCCCC1)(N1CCCCC1)=[N+]1CCCCC1.CCCCN=C(N=P(N1CCCCC1)(N1CCCCC1)N1CCCCC1)N[P+](N1CCCCC1)(N1CCCCC1)N1CCCCC1.F[B-](F)(F)F.F[B-](F)(F)F. The van der Waals surface area contributed by atoms with Crippen molar-refractivity contribution in [3.8, 4) is 0 Å². The van der Waals surface area contributed by atoms with Crippen molar-refractivity contribution in [3.05, 3.63) is 0 Å². The highest BCUT2D eigenvalue weighted by Gasteiger charge is 2.59. The lowest BCUT2D eigenvalue weighted by Crippen LogP contribution is -2.56. The smallest absolute Gasteiger partial charge is 0.418 e. The van der Waals surface area contributed by atoms with Gasteiger partial charge in [-0.1, -0.05) is 97.3 Å². The largest absolute Gasteiger partial charge is 0.673 e. The van der Waals surface area contributed by atoms with Crippen molar-refractivity contribution in [1.29, 1.82) is 0 Å². The van der Waals surface area contributed by atoms with Crippen LogP contribution in [0, 0.1) is 0 Å². The maximum atomic E-state index is 9.75. The van der Waals surface area contributed by atoms with Gasteiger partial charge in [0, 0.05) is 170 Å². The molecule has 32 heteroatoms. The molecular formula is C70H140B2F8N18P4. The highest BCUT2D eigenvalue weighted by Crippen LogP contribution is 2.68. The summed E-state index contributed by atoms with van der Waals surface area (Å²) in [6, 6.07) is 0. The minimum atomic E-state index is -6.00. The monoisotopic (exact) mass is 1530 g/mol. The molecule has 12 aliphatic heterocycles. The van der Waals surface area contributed by atoms with Crippen LogP contribution in [0.25, 0.3) is 0 Å². The van der Waals surface area contributed by atoms with E-state index in [9.17, 15) is 34.5 Å². The molecule has 18 nitrogen and oxygen atoms in total. The standard InChI is InChI=1S/C35H70N9P2.C35H69N9P2.2BF4/c2*1-2-3-22-36-35(37-45(39-23-10-4-11-24-39,40-25-12-5-13-26-40)41-27-14-6-15-28-41)38-46(42-29-16-7-17-30-42,43-31-18-8-19-32-43)44-33-20-9-21-34-44;2*2-1(3,4)5/h2-34H2,1H3,(H,36,37);2-34H2,1H3;;/q+1;;2*-1/p+1. The zero-order valence-corrected chi connectivity index (χ0v) is 67.4. The first-order valence-corrected chi connectivity index (χ1v) is 48.5. The average Bonchev–Trinajstić information content (AvgIpc) is 0.753. The van der Waals surface area contributed by atoms with Crippen molar-refractivity contribution in [2.45, 2.75) is 271 Å². The van der Waals surface area contributed by atoms with Crippen LogP contribution in [0.4, 0.5) is 34.5 Å². The molecule has 2 N–H and O–H groups in total. The second kappa shape index (κ2) is 44.3. The van der Waals surface area contributed by atoms with Crippen molar-refractivity contribution < 1.29 is 38.9 Å². The van der Waals surface area contributed by atoms with Gasteiger partial charge in [-0.3, -0.25) is 10.1 Å². The molecule has 12 fully saturated rings. The Morgan fingerprint density at radius 3 is 0.784 bits per heavy atom. The van der Waals surface area contributed by atoms with E-state index < -0.39 is 44.9 Å². The number of aliphatic imine (C=N–C) groups is 2. The molecule has 0 bridgehead atoms. The van der Waals surface area contributed by atoms with E-state index in [4.69, 9.17) is 19.5 Å². The summed E-state index contributed by atoms with van der Waals surface area (Å²) < 4.78 is 126. The first kappa shape index (κ1) is 85.2. The Morgan fingerprint density at radius 2 is 0.529 bits per heavy atom. The van der Waals surface area contributed by atoms with Gasteiger partial charge in [0.1, 0.15) is 13.1 Å². The Morgan fingerprint density at radius 1 is 0.314 bits per heavy atom. The van der Waals surface area contributed by atoms with Crippen molar-refractivity contribution in [2.24, 2.45) is 19.5 Å². The van der Waals surface area contributed by atoms with E-state index >= 15 is 0 Å². The predicted octanol–water partition coefficient (Wildman–Crippen LogP) is 19.1. The molecule has 0 unspecified atom stereocenters. The topological polar surface area (TPSA) is 112 Å². The summed E-state index contributed by atoms with van der Waals surface area (Å²) in [4.78, 5) is 11.2. The fraction of sp³-hybridized carbons (Fsp3) is 0.971. The molecule has 12 heterocycles. The van der Waals surface area contributed by atoms with Crippen molar-refractivity contribution >= 4 is 56.8 Å². The van der Waals surface area contributed by atoms with Gasteiger partial charge in [-0.05, 0) is 161 Å². The molecule has 102 heavy (non-hydrogen) atoms. The van der Waals surface area contributed by atoms with E-state index in [2.05, 4.69) is 79.7 Å². The van der Waals surface area contributed by atoms with Gasteiger partial charge in [-0.15, -0.1) is 14.0 Å². The molecule has 0 aliphatic carbocycles. The van der Waals surface area contributed by atoms with E-state index in [0.29, 0.717) is 0 Å². The third-order valence-corrected chi connectivity index (χ3v) is 39.1. The second-order valence-corrected chi connectivity index (χ2v) is 43.0. The maximum absolute atomic E-state index is 9.75. The van der Waals surface area contributed by atoms with Gasteiger partial charge < -0.3 is 34.5 Å². The molecule has 0 atom stereocenters. The van der Waals surface area contributed by atoms with Gasteiger partial charge in [0.15, 0.2) is 15.0 Å². The highest BCUT2D eigenvalue weighted by atomic mass is 31.2. The molecule has 12 aliphatic rings. The normalized spacial score (nSPS) is 25.5. The van der Waals surface area contributed by atoms with Gasteiger partial charge >= 0.3 is 29.9 Å². The zero-order valence-electron chi connectivity index (χ0n) is 63.8. The zero-order chi connectivity index (χ0) is 72.0. The quantitative estimate of drug-likeness (QED) is 0.0320. The van der Waals surface area contributed by atoms with Crippen LogP contribution in [0.5, 0.6) is 0 Å². The van der Waals surface area contributed by atoms with Crippen LogP contribution in [-0.2, 0) is 0 Å². The van der Waals surface area contributed by atoms with Crippen molar-refractivity contribution in [3.63, 3.8) is 0 Å². The first-order chi connectivity index (χ1) is 49.5. The van der Waals surface area contributed by atoms with Crippen LogP contribution in [0.3, 0.4) is 0 Å². The maximum Gasteiger partial charge on any atom is 0.673 e. The number of nitrogens with zero attached hydrogens (tertiary/aromatic N) is 16. The van der Waals surface area contributed by atoms with Crippen molar-refractivity contribution in [2.75, 3.05) is 170 Å². The number of hydrogen-bond donors (Lipinski definition) is 2. The third-order valence-electron chi connectivity index (χ3n) is 23.1. The summed E-state index contributed by atoms with van der Waals surface area (Å²) in [5, 5.41) is 9.06. The number of nitrogens with one attached hydrogen (secondary N) is 2. The summed E-state index contributed by atoms with van der Waals surface area (Å²) in [7, 11) is -20.4. The van der Waals surface area contributed by atoms with E-state index in [1.165, 1.54) is 401 Å². The Balaban J connectivity index is 0.000000209. The predicted molar refractivity (Wildman–Crippen MR) is 417 cm³/mol. The Kier molecular flexibility index (Phi) is 37.0. The molecule has 12 rings (SSSR count). The number of unbranched alkanes of at least 4 members (excludes halogenated alkanes) is 2. The fourth-order valence-corrected chi connectivity index (χ4v) is 35.7. The van der Waals surface area contributed by atoms with E-state index in [-0.39, 0.29) is 0 Å². The van der Waals surface area contributed by atoms with Gasteiger partial charge in [0.25, 0.3) is 5.96 Å². The molecule has 0 saturated carbocycles. The lowest BCUT2D eigenvalue weighted by atomic mass is 10.2. The number of hydrogen-bond acceptors (Lipinski definition) is 5. The summed E-state index contributed by atoms with van der Waals surface area (Å²) in [5.74, 6) is 2.08. The van der Waals surface area contributed by atoms with E-state index in [0.717, 1.165) is 37.9 Å². The van der Waals surface area contributed by atoms with Crippen LogP contribution in [-0.4, -0.2) is 252 Å². The van der Waals surface area contributed by atoms with Crippen LogP contribution < -0.4 is 10.2 Å². The fourth-order valence-electron chi connectivity index (χ4n) is 18.1. The van der Waals surface area contributed by atoms with Crippen LogP contribution in [0.2, 0.25) is 0 Å². The Bertz CT molecular complexity index is 2400. The first-order valence-electron chi connectivity index (χ1n) is 42.0. The average molecular weight is 1530 g/mol. The van der Waals surface area contributed by atoms with Crippen molar-refractivity contribution in [1.82, 2.24) is 61.5 Å². The minimum absolute atomic E-state index is 0.891. The second-order valence-electron chi connectivity index (χ2n) is 30.9.